The van der Waals surface area contributed by atoms with Gasteiger partial charge in [-0.2, -0.15) is 0 Å². The highest BCUT2D eigenvalue weighted by molar-refractivity contribution is 9.10. The van der Waals surface area contributed by atoms with E-state index in [1.165, 1.54) is 11.6 Å². The second kappa shape index (κ2) is 4.88. The maximum absolute atomic E-state index is 9.95. The van der Waals surface area contributed by atoms with Crippen LogP contribution in [0.25, 0.3) is 0 Å². The van der Waals surface area contributed by atoms with Crippen molar-refractivity contribution in [2.24, 2.45) is 0 Å². The van der Waals surface area contributed by atoms with Gasteiger partial charge in [0, 0.05) is 4.47 Å². The zero-order chi connectivity index (χ0) is 8.81. The van der Waals surface area contributed by atoms with E-state index in [0.717, 1.165) is 17.2 Å². The molecule has 0 N–H and O–H groups in total. The van der Waals surface area contributed by atoms with E-state index in [1.54, 1.807) is 0 Å². The van der Waals surface area contributed by atoms with Crippen LogP contribution in [0, 0.1) is 0 Å². The molecule has 1 aromatic rings. The number of carbonyl (C=O) groups is 1. The lowest BCUT2D eigenvalue weighted by Gasteiger charge is -1.94. The molecule has 0 bridgehead atoms. The lowest BCUT2D eigenvalue weighted by Crippen LogP contribution is -1.79. The topological polar surface area (TPSA) is 17.1 Å². The standard InChI is InChI=1S/C10H9BrO/c11-10-6-4-9(5-7-10)3-1-2-8-12/h1-2,4-8H,3H2/b2-1+. The van der Waals surface area contributed by atoms with Crippen LogP contribution >= 0.6 is 15.9 Å². The molecule has 0 spiro atoms. The summed E-state index contributed by atoms with van der Waals surface area (Å²) in [6, 6.07) is 8.03. The summed E-state index contributed by atoms with van der Waals surface area (Å²) in [4.78, 5) is 9.95. The molecule has 2 heteroatoms. The summed E-state index contributed by atoms with van der Waals surface area (Å²) in [6.07, 6.45) is 4.96. The fourth-order valence-corrected chi connectivity index (χ4v) is 1.14. The molecule has 1 nitrogen and oxygen atoms in total. The smallest absolute Gasteiger partial charge is 0.142 e. The van der Waals surface area contributed by atoms with Gasteiger partial charge in [-0.1, -0.05) is 34.1 Å². The molecule has 0 aliphatic rings. The highest BCUT2D eigenvalue weighted by atomic mass is 79.9. The zero-order valence-corrected chi connectivity index (χ0v) is 8.12. The van der Waals surface area contributed by atoms with Gasteiger partial charge >= 0.3 is 0 Å². The third-order valence-electron chi connectivity index (χ3n) is 1.48. The van der Waals surface area contributed by atoms with Gasteiger partial charge in [-0.25, -0.2) is 0 Å². The fourth-order valence-electron chi connectivity index (χ4n) is 0.880. The number of rotatable bonds is 3. The molecule has 62 valence electrons. The molecule has 0 saturated carbocycles. The van der Waals surface area contributed by atoms with Crippen molar-refractivity contribution >= 4 is 22.2 Å². The first-order valence-electron chi connectivity index (χ1n) is 3.67. The largest absolute Gasteiger partial charge is 0.299 e. The zero-order valence-electron chi connectivity index (χ0n) is 6.53. The Labute approximate surface area is 80.2 Å². The van der Waals surface area contributed by atoms with E-state index in [0.29, 0.717) is 0 Å². The van der Waals surface area contributed by atoms with Crippen molar-refractivity contribution in [3.8, 4) is 0 Å². The predicted molar refractivity (Wildman–Crippen MR) is 53.1 cm³/mol. The van der Waals surface area contributed by atoms with Gasteiger partial charge in [-0.3, -0.25) is 4.79 Å². The summed E-state index contributed by atoms with van der Waals surface area (Å²) in [7, 11) is 0. The molecular formula is C10H9BrO. The first kappa shape index (κ1) is 9.20. The average Bonchev–Trinajstić information content (AvgIpc) is 2.09. The Morgan fingerprint density at radius 2 is 1.92 bits per heavy atom. The summed E-state index contributed by atoms with van der Waals surface area (Å²) in [6.45, 7) is 0. The molecule has 0 amide bonds. The molecule has 0 heterocycles. The van der Waals surface area contributed by atoms with E-state index in [-0.39, 0.29) is 0 Å². The Hall–Kier alpha value is -0.890. The number of hydrogen-bond acceptors (Lipinski definition) is 1. The third kappa shape index (κ3) is 3.01. The van der Waals surface area contributed by atoms with Crippen molar-refractivity contribution in [3.05, 3.63) is 46.5 Å². The molecule has 1 rings (SSSR count). The number of hydrogen-bond donors (Lipinski definition) is 0. The SMILES string of the molecule is O=C/C=C/Cc1ccc(Br)cc1. The Morgan fingerprint density at radius 1 is 1.25 bits per heavy atom. The third-order valence-corrected chi connectivity index (χ3v) is 2.01. The first-order chi connectivity index (χ1) is 5.83. The van der Waals surface area contributed by atoms with Gasteiger partial charge < -0.3 is 0 Å². The van der Waals surface area contributed by atoms with E-state index in [1.807, 2.05) is 30.3 Å². The summed E-state index contributed by atoms with van der Waals surface area (Å²) in [5.74, 6) is 0. The van der Waals surface area contributed by atoms with E-state index >= 15 is 0 Å². The number of carbonyl (C=O) groups excluding carboxylic acids is 1. The lowest BCUT2D eigenvalue weighted by atomic mass is 10.1. The van der Waals surface area contributed by atoms with Gasteiger partial charge in [0.25, 0.3) is 0 Å². The minimum Gasteiger partial charge on any atom is -0.299 e. The van der Waals surface area contributed by atoms with Crippen molar-refractivity contribution in [2.45, 2.75) is 6.42 Å². The van der Waals surface area contributed by atoms with Crippen molar-refractivity contribution in [3.63, 3.8) is 0 Å². The van der Waals surface area contributed by atoms with Gasteiger partial charge in [-0.05, 0) is 30.2 Å². The summed E-state index contributed by atoms with van der Waals surface area (Å²) in [5, 5.41) is 0. The molecule has 0 saturated heterocycles. The maximum atomic E-state index is 9.95. The molecule has 1 aromatic carbocycles. The summed E-state index contributed by atoms with van der Waals surface area (Å²) >= 11 is 3.35. The number of allylic oxidation sites excluding steroid dienone is 2. The highest BCUT2D eigenvalue weighted by Gasteiger charge is 1.88. The van der Waals surface area contributed by atoms with Crippen LogP contribution in [0.1, 0.15) is 5.56 Å². The van der Waals surface area contributed by atoms with Crippen molar-refractivity contribution in [2.75, 3.05) is 0 Å². The first-order valence-corrected chi connectivity index (χ1v) is 4.47. The molecule has 0 radical (unpaired) electrons. The predicted octanol–water partition coefficient (Wildman–Crippen LogP) is 2.75. The maximum Gasteiger partial charge on any atom is 0.142 e. The van der Waals surface area contributed by atoms with Crippen LogP contribution in [0.4, 0.5) is 0 Å². The van der Waals surface area contributed by atoms with Crippen molar-refractivity contribution in [1.29, 1.82) is 0 Å². The molecule has 0 atom stereocenters. The van der Waals surface area contributed by atoms with Crippen LogP contribution in [-0.2, 0) is 11.2 Å². The van der Waals surface area contributed by atoms with Crippen LogP contribution in [0.15, 0.2) is 40.9 Å². The number of halogens is 1. The molecule has 0 aliphatic carbocycles. The highest BCUT2D eigenvalue weighted by Crippen LogP contribution is 2.10. The van der Waals surface area contributed by atoms with E-state index < -0.39 is 0 Å². The van der Waals surface area contributed by atoms with Gasteiger partial charge in [0.15, 0.2) is 0 Å². The Balaban J connectivity index is 2.58. The minimum absolute atomic E-state index is 0.791. The lowest BCUT2D eigenvalue weighted by molar-refractivity contribution is -0.104. The van der Waals surface area contributed by atoms with Crippen LogP contribution in [-0.4, -0.2) is 6.29 Å². The van der Waals surface area contributed by atoms with Gasteiger partial charge in [0.1, 0.15) is 6.29 Å². The Morgan fingerprint density at radius 3 is 2.50 bits per heavy atom. The van der Waals surface area contributed by atoms with Crippen LogP contribution in [0.5, 0.6) is 0 Å². The average molecular weight is 225 g/mol. The monoisotopic (exact) mass is 224 g/mol. The van der Waals surface area contributed by atoms with Crippen LogP contribution < -0.4 is 0 Å². The fraction of sp³-hybridized carbons (Fsp3) is 0.100. The second-order valence-corrected chi connectivity index (χ2v) is 3.31. The van der Waals surface area contributed by atoms with E-state index in [4.69, 9.17) is 0 Å². The van der Waals surface area contributed by atoms with Crippen LogP contribution in [0.3, 0.4) is 0 Å². The molecule has 0 aliphatic heterocycles. The molecular weight excluding hydrogens is 216 g/mol. The molecule has 0 fully saturated rings. The van der Waals surface area contributed by atoms with Gasteiger partial charge in [-0.15, -0.1) is 0 Å². The molecule has 12 heavy (non-hydrogen) atoms. The van der Waals surface area contributed by atoms with E-state index in [9.17, 15) is 4.79 Å². The van der Waals surface area contributed by atoms with Gasteiger partial charge in [0.2, 0.25) is 0 Å². The Kier molecular flexibility index (Phi) is 3.74. The van der Waals surface area contributed by atoms with Gasteiger partial charge in [0.05, 0.1) is 0 Å². The number of aldehydes is 1. The molecule has 0 unspecified atom stereocenters. The minimum atomic E-state index is 0.791. The number of benzene rings is 1. The molecule has 0 aromatic heterocycles. The summed E-state index contributed by atoms with van der Waals surface area (Å²) < 4.78 is 1.07. The quantitative estimate of drug-likeness (QED) is 0.571. The van der Waals surface area contributed by atoms with Crippen LogP contribution in [0.2, 0.25) is 0 Å². The Bertz CT molecular complexity index is 274. The van der Waals surface area contributed by atoms with E-state index in [2.05, 4.69) is 15.9 Å². The normalized spacial score (nSPS) is 10.4. The van der Waals surface area contributed by atoms with Crippen molar-refractivity contribution < 1.29 is 4.79 Å². The summed E-state index contributed by atoms with van der Waals surface area (Å²) in [5.41, 5.74) is 1.20. The van der Waals surface area contributed by atoms with Crippen molar-refractivity contribution in [1.82, 2.24) is 0 Å². The second-order valence-electron chi connectivity index (χ2n) is 2.39.